The zero-order chi connectivity index (χ0) is 13.7. The minimum atomic E-state index is -0.334. The van der Waals surface area contributed by atoms with E-state index in [2.05, 4.69) is 5.32 Å². The van der Waals surface area contributed by atoms with E-state index in [1.165, 1.54) is 0 Å². The van der Waals surface area contributed by atoms with Crippen LogP contribution in [-0.2, 0) is 11.3 Å². The quantitative estimate of drug-likeness (QED) is 0.851. The van der Waals surface area contributed by atoms with Crippen molar-refractivity contribution in [2.24, 2.45) is 11.1 Å². The Morgan fingerprint density at radius 2 is 2.16 bits per heavy atom. The third-order valence-corrected chi connectivity index (χ3v) is 4.02. The van der Waals surface area contributed by atoms with Gasteiger partial charge >= 0.3 is 0 Å². The Bertz CT molecular complexity index is 440. The normalized spacial score (nSPS) is 17.2. The number of hydrogen-bond acceptors (Lipinski definition) is 3. The monoisotopic (exact) mass is 262 g/mol. The highest BCUT2D eigenvalue weighted by Gasteiger charge is 2.39. The van der Waals surface area contributed by atoms with Crippen LogP contribution in [-0.4, -0.2) is 19.6 Å². The Morgan fingerprint density at radius 3 is 2.79 bits per heavy atom. The van der Waals surface area contributed by atoms with Crippen LogP contribution in [0.2, 0.25) is 0 Å². The molecule has 19 heavy (non-hydrogen) atoms. The SMILES string of the molecule is COc1cccc(CNC(=O)C2(CN)CCCC2)c1. The van der Waals surface area contributed by atoms with Gasteiger partial charge < -0.3 is 15.8 Å². The van der Waals surface area contributed by atoms with Crippen molar-refractivity contribution in [3.05, 3.63) is 29.8 Å². The van der Waals surface area contributed by atoms with Crippen LogP contribution in [0.15, 0.2) is 24.3 Å². The van der Waals surface area contributed by atoms with Crippen LogP contribution >= 0.6 is 0 Å². The molecule has 0 aromatic heterocycles. The summed E-state index contributed by atoms with van der Waals surface area (Å²) in [6, 6.07) is 7.73. The first kappa shape index (κ1) is 13.9. The van der Waals surface area contributed by atoms with E-state index in [0.717, 1.165) is 37.0 Å². The third kappa shape index (κ3) is 3.07. The number of hydrogen-bond donors (Lipinski definition) is 2. The Balaban J connectivity index is 1.96. The Morgan fingerprint density at radius 1 is 1.42 bits per heavy atom. The van der Waals surface area contributed by atoms with Gasteiger partial charge in [-0.15, -0.1) is 0 Å². The minimum Gasteiger partial charge on any atom is -0.497 e. The van der Waals surface area contributed by atoms with Crippen LogP contribution in [0.1, 0.15) is 31.2 Å². The standard InChI is InChI=1S/C15H22N2O2/c1-19-13-6-4-5-12(9-13)10-17-14(18)15(11-16)7-2-3-8-15/h4-6,9H,2-3,7-8,10-11,16H2,1H3,(H,17,18). The molecule has 104 valence electrons. The highest BCUT2D eigenvalue weighted by atomic mass is 16.5. The molecular formula is C15H22N2O2. The molecule has 0 aliphatic heterocycles. The summed E-state index contributed by atoms with van der Waals surface area (Å²) in [6.07, 6.45) is 4.02. The maximum absolute atomic E-state index is 12.3. The number of ether oxygens (including phenoxy) is 1. The summed E-state index contributed by atoms with van der Waals surface area (Å²) in [5.74, 6) is 0.900. The molecule has 0 spiro atoms. The van der Waals surface area contributed by atoms with E-state index in [-0.39, 0.29) is 11.3 Å². The van der Waals surface area contributed by atoms with Gasteiger partial charge in [0.2, 0.25) is 5.91 Å². The largest absolute Gasteiger partial charge is 0.497 e. The molecule has 0 atom stereocenters. The van der Waals surface area contributed by atoms with E-state index >= 15 is 0 Å². The van der Waals surface area contributed by atoms with Crippen LogP contribution in [0.5, 0.6) is 5.75 Å². The molecule has 1 aromatic rings. The number of methoxy groups -OCH3 is 1. The van der Waals surface area contributed by atoms with Gasteiger partial charge in [0.05, 0.1) is 12.5 Å². The molecule has 0 heterocycles. The average molecular weight is 262 g/mol. The Hall–Kier alpha value is -1.55. The van der Waals surface area contributed by atoms with Crippen molar-refractivity contribution in [3.8, 4) is 5.75 Å². The number of carbonyl (C=O) groups excluding carboxylic acids is 1. The summed E-state index contributed by atoms with van der Waals surface area (Å²) < 4.78 is 5.17. The summed E-state index contributed by atoms with van der Waals surface area (Å²) >= 11 is 0. The first-order valence-electron chi connectivity index (χ1n) is 6.81. The summed E-state index contributed by atoms with van der Waals surface area (Å²) in [5, 5.41) is 3.01. The molecule has 1 amide bonds. The van der Waals surface area contributed by atoms with Crippen LogP contribution in [0.25, 0.3) is 0 Å². The highest BCUT2D eigenvalue weighted by Crippen LogP contribution is 2.37. The number of nitrogens with two attached hydrogens (primary N) is 1. The highest BCUT2D eigenvalue weighted by molar-refractivity contribution is 5.83. The van der Waals surface area contributed by atoms with Crippen molar-refractivity contribution in [2.45, 2.75) is 32.2 Å². The van der Waals surface area contributed by atoms with Gasteiger partial charge in [-0.1, -0.05) is 25.0 Å². The van der Waals surface area contributed by atoms with Crippen molar-refractivity contribution in [1.29, 1.82) is 0 Å². The molecule has 1 aliphatic rings. The van der Waals surface area contributed by atoms with E-state index in [0.29, 0.717) is 13.1 Å². The fourth-order valence-electron chi connectivity index (χ4n) is 2.73. The number of carbonyl (C=O) groups is 1. The smallest absolute Gasteiger partial charge is 0.227 e. The molecule has 2 rings (SSSR count). The van der Waals surface area contributed by atoms with Gasteiger partial charge in [-0.2, -0.15) is 0 Å². The molecular weight excluding hydrogens is 240 g/mol. The van der Waals surface area contributed by atoms with E-state index in [1.54, 1.807) is 7.11 Å². The second-order valence-corrected chi connectivity index (χ2v) is 5.23. The lowest BCUT2D eigenvalue weighted by Crippen LogP contribution is -2.43. The van der Waals surface area contributed by atoms with Crippen LogP contribution in [0.3, 0.4) is 0 Å². The van der Waals surface area contributed by atoms with Gasteiger partial charge in [0.15, 0.2) is 0 Å². The van der Waals surface area contributed by atoms with Crippen LogP contribution in [0.4, 0.5) is 0 Å². The summed E-state index contributed by atoms with van der Waals surface area (Å²) in [7, 11) is 1.64. The molecule has 0 saturated heterocycles. The number of benzene rings is 1. The molecule has 0 radical (unpaired) electrons. The van der Waals surface area contributed by atoms with Gasteiger partial charge in [0.25, 0.3) is 0 Å². The average Bonchev–Trinajstić information content (AvgIpc) is 2.95. The molecule has 1 aromatic carbocycles. The number of nitrogens with one attached hydrogen (secondary N) is 1. The van der Waals surface area contributed by atoms with Crippen molar-refractivity contribution >= 4 is 5.91 Å². The van der Waals surface area contributed by atoms with Gasteiger partial charge in [0.1, 0.15) is 5.75 Å². The zero-order valence-electron chi connectivity index (χ0n) is 11.4. The topological polar surface area (TPSA) is 64.3 Å². The fraction of sp³-hybridized carbons (Fsp3) is 0.533. The summed E-state index contributed by atoms with van der Waals surface area (Å²) in [5.41, 5.74) is 6.51. The maximum atomic E-state index is 12.3. The van der Waals surface area contributed by atoms with Crippen molar-refractivity contribution in [3.63, 3.8) is 0 Å². The van der Waals surface area contributed by atoms with Crippen molar-refractivity contribution in [1.82, 2.24) is 5.32 Å². The first-order chi connectivity index (χ1) is 9.20. The van der Waals surface area contributed by atoms with Crippen LogP contribution < -0.4 is 15.8 Å². The van der Waals surface area contributed by atoms with E-state index in [1.807, 2.05) is 24.3 Å². The molecule has 0 unspecified atom stereocenters. The van der Waals surface area contributed by atoms with E-state index in [9.17, 15) is 4.79 Å². The lowest BCUT2D eigenvalue weighted by atomic mass is 9.85. The molecule has 1 aliphatic carbocycles. The fourth-order valence-corrected chi connectivity index (χ4v) is 2.73. The summed E-state index contributed by atoms with van der Waals surface area (Å²) in [6.45, 7) is 0.967. The van der Waals surface area contributed by atoms with Gasteiger partial charge in [-0.05, 0) is 30.5 Å². The molecule has 0 bridgehead atoms. The predicted octanol–water partition coefficient (Wildman–Crippen LogP) is 1.83. The molecule has 4 heteroatoms. The van der Waals surface area contributed by atoms with Gasteiger partial charge in [0, 0.05) is 13.1 Å². The first-order valence-corrected chi connectivity index (χ1v) is 6.81. The van der Waals surface area contributed by atoms with Crippen molar-refractivity contribution in [2.75, 3.05) is 13.7 Å². The lowest BCUT2D eigenvalue weighted by Gasteiger charge is -2.25. The minimum absolute atomic E-state index is 0.0929. The van der Waals surface area contributed by atoms with Gasteiger partial charge in [-0.25, -0.2) is 0 Å². The number of amides is 1. The second-order valence-electron chi connectivity index (χ2n) is 5.23. The van der Waals surface area contributed by atoms with E-state index < -0.39 is 0 Å². The molecule has 3 N–H and O–H groups in total. The Labute approximate surface area is 114 Å². The van der Waals surface area contributed by atoms with Gasteiger partial charge in [-0.3, -0.25) is 4.79 Å². The van der Waals surface area contributed by atoms with E-state index in [4.69, 9.17) is 10.5 Å². The summed E-state index contributed by atoms with van der Waals surface area (Å²) in [4.78, 5) is 12.3. The molecule has 4 nitrogen and oxygen atoms in total. The Kier molecular flexibility index (Phi) is 4.43. The molecule has 1 fully saturated rings. The number of rotatable bonds is 5. The predicted molar refractivity (Wildman–Crippen MR) is 74.8 cm³/mol. The third-order valence-electron chi connectivity index (χ3n) is 4.02. The lowest BCUT2D eigenvalue weighted by molar-refractivity contribution is -0.130. The molecule has 1 saturated carbocycles. The van der Waals surface area contributed by atoms with Crippen molar-refractivity contribution < 1.29 is 9.53 Å². The zero-order valence-corrected chi connectivity index (χ0v) is 11.4. The van der Waals surface area contributed by atoms with Crippen LogP contribution in [0, 0.1) is 5.41 Å². The second kappa shape index (κ2) is 6.06. The maximum Gasteiger partial charge on any atom is 0.227 e.